The fraction of sp³-hybridized carbons (Fsp3) is 0.238. The van der Waals surface area contributed by atoms with Gasteiger partial charge in [-0.05, 0) is 64.1 Å². The summed E-state index contributed by atoms with van der Waals surface area (Å²) in [6.45, 7) is 7.53. The van der Waals surface area contributed by atoms with Crippen LogP contribution in [0.4, 0.5) is 17.1 Å². The molecule has 1 aromatic heterocycles. The summed E-state index contributed by atoms with van der Waals surface area (Å²) in [5, 5.41) is 7.25. The first-order valence-electron chi connectivity index (χ1n) is 8.66. The van der Waals surface area contributed by atoms with E-state index in [1.807, 2.05) is 68.4 Å². The van der Waals surface area contributed by atoms with Crippen LogP contribution in [0.15, 0.2) is 59.1 Å². The maximum Gasteiger partial charge on any atom is 0.264 e. The van der Waals surface area contributed by atoms with E-state index in [0.29, 0.717) is 17.0 Å². The molecule has 0 bridgehead atoms. The summed E-state index contributed by atoms with van der Waals surface area (Å²) in [7, 11) is 0. The van der Waals surface area contributed by atoms with Gasteiger partial charge in [-0.1, -0.05) is 23.4 Å². The number of para-hydroxylation sites is 1. The maximum absolute atomic E-state index is 13.1. The summed E-state index contributed by atoms with van der Waals surface area (Å²) in [6.07, 6.45) is 0. The number of benzene rings is 2. The van der Waals surface area contributed by atoms with Gasteiger partial charge in [0.2, 0.25) is 0 Å². The molecule has 1 heterocycles. The number of carbonyl (C=O) groups excluding carboxylic acids is 1. The van der Waals surface area contributed by atoms with Gasteiger partial charge in [0.15, 0.2) is 0 Å². The lowest BCUT2D eigenvalue weighted by atomic mass is 10.1. The van der Waals surface area contributed by atoms with Crippen LogP contribution in [0.5, 0.6) is 0 Å². The van der Waals surface area contributed by atoms with Crippen LogP contribution in [0.3, 0.4) is 0 Å². The number of carbonyl (C=O) groups is 1. The fourth-order valence-electron chi connectivity index (χ4n) is 2.95. The lowest BCUT2D eigenvalue weighted by Crippen LogP contribution is -2.37. The van der Waals surface area contributed by atoms with Gasteiger partial charge in [-0.15, -0.1) is 0 Å². The maximum atomic E-state index is 13.1. The Morgan fingerprint density at radius 2 is 1.62 bits per heavy atom. The lowest BCUT2D eigenvalue weighted by molar-refractivity contribution is 0.0978. The summed E-state index contributed by atoms with van der Waals surface area (Å²) in [6, 6.07) is 17.8. The Balaban J connectivity index is 1.86. The van der Waals surface area contributed by atoms with Gasteiger partial charge < -0.3 is 14.7 Å². The summed E-state index contributed by atoms with van der Waals surface area (Å²) >= 11 is 0. The highest BCUT2D eigenvalue weighted by Gasteiger charge is 2.26. The van der Waals surface area contributed by atoms with Gasteiger partial charge in [-0.2, -0.15) is 0 Å². The quantitative estimate of drug-likeness (QED) is 0.697. The predicted octanol–water partition coefficient (Wildman–Crippen LogP) is 5.09. The second-order valence-electron chi connectivity index (χ2n) is 6.51. The predicted molar refractivity (Wildman–Crippen MR) is 104 cm³/mol. The third kappa shape index (κ3) is 3.61. The molecule has 0 saturated carbocycles. The highest BCUT2D eigenvalue weighted by atomic mass is 16.5. The van der Waals surface area contributed by atoms with E-state index in [4.69, 9.17) is 4.52 Å². The number of amides is 1. The molecule has 0 unspecified atom stereocenters. The van der Waals surface area contributed by atoms with Crippen LogP contribution in [-0.4, -0.2) is 17.1 Å². The van der Waals surface area contributed by atoms with E-state index < -0.39 is 0 Å². The molecule has 1 amide bonds. The molecule has 0 aliphatic carbocycles. The lowest BCUT2D eigenvalue weighted by Gasteiger charge is -2.27. The van der Waals surface area contributed by atoms with Gasteiger partial charge in [0.1, 0.15) is 11.3 Å². The van der Waals surface area contributed by atoms with Gasteiger partial charge in [0, 0.05) is 23.1 Å². The molecule has 5 nitrogen and oxygen atoms in total. The standard InChI is InChI=1S/C21H23N3O2/c1-14(2)24(21(25)20-15(3)23-26-16(20)4)19-12-10-18(11-13-19)22-17-8-6-5-7-9-17/h5-14,22H,1-4H3. The molecule has 0 aliphatic heterocycles. The van der Waals surface area contributed by atoms with Crippen LogP contribution in [-0.2, 0) is 0 Å². The van der Waals surface area contributed by atoms with Crippen LogP contribution in [0.1, 0.15) is 35.7 Å². The molecular weight excluding hydrogens is 326 g/mol. The number of anilines is 3. The van der Waals surface area contributed by atoms with Crippen molar-refractivity contribution in [2.24, 2.45) is 0 Å². The van der Waals surface area contributed by atoms with Crippen molar-refractivity contribution >= 4 is 23.0 Å². The molecule has 1 N–H and O–H groups in total. The van der Waals surface area contributed by atoms with Gasteiger partial charge in [-0.3, -0.25) is 4.79 Å². The van der Waals surface area contributed by atoms with E-state index in [2.05, 4.69) is 10.5 Å². The summed E-state index contributed by atoms with van der Waals surface area (Å²) in [5.74, 6) is 0.445. The van der Waals surface area contributed by atoms with Crippen molar-refractivity contribution in [1.29, 1.82) is 0 Å². The van der Waals surface area contributed by atoms with Crippen LogP contribution >= 0.6 is 0 Å². The molecule has 0 aliphatic rings. The second-order valence-corrected chi connectivity index (χ2v) is 6.51. The van der Waals surface area contributed by atoms with E-state index in [0.717, 1.165) is 17.1 Å². The Bertz CT molecular complexity index is 864. The first kappa shape index (κ1) is 17.7. The van der Waals surface area contributed by atoms with Gasteiger partial charge in [0.25, 0.3) is 5.91 Å². The van der Waals surface area contributed by atoms with Crippen molar-refractivity contribution in [3.8, 4) is 0 Å². The molecule has 26 heavy (non-hydrogen) atoms. The van der Waals surface area contributed by atoms with Crippen LogP contribution < -0.4 is 10.2 Å². The monoisotopic (exact) mass is 349 g/mol. The molecule has 0 fully saturated rings. The molecule has 5 heteroatoms. The number of aromatic nitrogens is 1. The van der Waals surface area contributed by atoms with E-state index >= 15 is 0 Å². The first-order valence-corrected chi connectivity index (χ1v) is 8.66. The molecule has 3 rings (SSSR count). The first-order chi connectivity index (χ1) is 12.5. The third-order valence-corrected chi connectivity index (χ3v) is 4.19. The van der Waals surface area contributed by atoms with E-state index in [1.54, 1.807) is 18.7 Å². The zero-order chi connectivity index (χ0) is 18.7. The van der Waals surface area contributed by atoms with Crippen LogP contribution in [0.25, 0.3) is 0 Å². The minimum Gasteiger partial charge on any atom is -0.361 e. The van der Waals surface area contributed by atoms with E-state index in [1.165, 1.54) is 0 Å². The minimum atomic E-state index is -0.0972. The zero-order valence-corrected chi connectivity index (χ0v) is 15.5. The summed E-state index contributed by atoms with van der Waals surface area (Å²) < 4.78 is 5.16. The van der Waals surface area contributed by atoms with Crippen LogP contribution in [0, 0.1) is 13.8 Å². The highest BCUT2D eigenvalue weighted by Crippen LogP contribution is 2.26. The van der Waals surface area contributed by atoms with Crippen molar-refractivity contribution in [1.82, 2.24) is 5.16 Å². The zero-order valence-electron chi connectivity index (χ0n) is 15.5. The molecule has 3 aromatic rings. The van der Waals surface area contributed by atoms with Crippen LogP contribution in [0.2, 0.25) is 0 Å². The third-order valence-electron chi connectivity index (χ3n) is 4.19. The number of nitrogens with one attached hydrogen (secondary N) is 1. The second kappa shape index (κ2) is 7.44. The number of aryl methyl sites for hydroxylation is 2. The SMILES string of the molecule is Cc1noc(C)c1C(=O)N(c1ccc(Nc2ccccc2)cc1)C(C)C. The minimum absolute atomic E-state index is 0.00383. The molecule has 0 spiro atoms. The van der Waals surface area contributed by atoms with Gasteiger partial charge in [0.05, 0.1) is 5.69 Å². The van der Waals surface area contributed by atoms with Gasteiger partial charge in [-0.25, -0.2) is 0 Å². The molecule has 0 radical (unpaired) electrons. The molecule has 0 atom stereocenters. The Hall–Kier alpha value is -3.08. The number of hydrogen-bond acceptors (Lipinski definition) is 4. The molecule has 2 aromatic carbocycles. The van der Waals surface area contributed by atoms with Crippen molar-refractivity contribution in [3.05, 3.63) is 71.6 Å². The average Bonchev–Trinajstić information content (AvgIpc) is 2.96. The van der Waals surface area contributed by atoms with E-state index in [9.17, 15) is 4.79 Å². The van der Waals surface area contributed by atoms with Crippen molar-refractivity contribution in [2.75, 3.05) is 10.2 Å². The molecule has 0 saturated heterocycles. The van der Waals surface area contributed by atoms with Crippen molar-refractivity contribution in [2.45, 2.75) is 33.7 Å². The Labute approximate surface area is 153 Å². The average molecular weight is 349 g/mol. The number of rotatable bonds is 5. The smallest absolute Gasteiger partial charge is 0.264 e. The van der Waals surface area contributed by atoms with E-state index in [-0.39, 0.29) is 11.9 Å². The summed E-state index contributed by atoms with van der Waals surface area (Å²) in [4.78, 5) is 14.8. The van der Waals surface area contributed by atoms with Gasteiger partial charge >= 0.3 is 0 Å². The number of hydrogen-bond donors (Lipinski definition) is 1. The number of nitrogens with zero attached hydrogens (tertiary/aromatic N) is 2. The Kier molecular flexibility index (Phi) is 5.07. The largest absolute Gasteiger partial charge is 0.361 e. The molecular formula is C21H23N3O2. The molecule has 134 valence electrons. The fourth-order valence-corrected chi connectivity index (χ4v) is 2.95. The normalized spacial score (nSPS) is 10.8. The highest BCUT2D eigenvalue weighted by molar-refractivity contribution is 6.07. The van der Waals surface area contributed by atoms with Crippen molar-refractivity contribution < 1.29 is 9.32 Å². The Morgan fingerprint density at radius 3 is 2.15 bits per heavy atom. The van der Waals surface area contributed by atoms with Crippen molar-refractivity contribution in [3.63, 3.8) is 0 Å². The summed E-state index contributed by atoms with van der Waals surface area (Å²) in [5.41, 5.74) is 3.97. The topological polar surface area (TPSA) is 58.4 Å². The Morgan fingerprint density at radius 1 is 1.00 bits per heavy atom.